The van der Waals surface area contributed by atoms with Crippen molar-refractivity contribution in [2.75, 3.05) is 18.7 Å². The number of hydrogen-bond donors (Lipinski definition) is 2. The Labute approximate surface area is 160 Å². The molecule has 0 saturated carbocycles. The Morgan fingerprint density at radius 3 is 2.64 bits per heavy atom. The van der Waals surface area contributed by atoms with E-state index in [9.17, 15) is 9.59 Å². The highest BCUT2D eigenvalue weighted by molar-refractivity contribution is 5.95. The number of aromatic nitrogens is 1. The number of fused-ring (bicyclic) bond motifs is 1. The van der Waals surface area contributed by atoms with E-state index in [-0.39, 0.29) is 31.6 Å². The van der Waals surface area contributed by atoms with E-state index in [2.05, 4.69) is 15.8 Å². The van der Waals surface area contributed by atoms with Gasteiger partial charge in [-0.25, -0.2) is 0 Å². The molecule has 2 amide bonds. The zero-order chi connectivity index (χ0) is 19.3. The SMILES string of the molecule is O=C(Cc1cc(-c2ccccc2)on1)NCC(=O)Nc1ccc2c(c1)OCO2. The van der Waals surface area contributed by atoms with Crippen LogP contribution in [0.2, 0.25) is 0 Å². The van der Waals surface area contributed by atoms with Crippen LogP contribution in [0.15, 0.2) is 59.1 Å². The number of anilines is 1. The summed E-state index contributed by atoms with van der Waals surface area (Å²) in [5.74, 6) is 1.12. The molecule has 0 unspecified atom stereocenters. The number of amides is 2. The molecule has 2 N–H and O–H groups in total. The number of ether oxygens (including phenoxy) is 2. The first kappa shape index (κ1) is 17.6. The molecule has 8 nitrogen and oxygen atoms in total. The minimum absolute atomic E-state index is 0.0215. The standard InChI is InChI=1S/C20H17N3O5/c24-19(10-15-9-17(28-23-15)13-4-2-1-3-5-13)21-11-20(25)22-14-6-7-16-18(8-14)27-12-26-16/h1-9H,10-12H2,(H,21,24)(H,22,25). The molecule has 2 aromatic carbocycles. The lowest BCUT2D eigenvalue weighted by Gasteiger charge is -2.07. The fourth-order valence-corrected chi connectivity index (χ4v) is 2.72. The molecule has 28 heavy (non-hydrogen) atoms. The summed E-state index contributed by atoms with van der Waals surface area (Å²) >= 11 is 0. The van der Waals surface area contributed by atoms with Crippen molar-refractivity contribution in [3.63, 3.8) is 0 Å². The van der Waals surface area contributed by atoms with Gasteiger partial charge in [0, 0.05) is 23.4 Å². The van der Waals surface area contributed by atoms with Crippen molar-refractivity contribution in [2.45, 2.75) is 6.42 Å². The largest absolute Gasteiger partial charge is 0.454 e. The van der Waals surface area contributed by atoms with Gasteiger partial charge < -0.3 is 24.6 Å². The Balaban J connectivity index is 1.26. The predicted octanol–water partition coefficient (Wildman–Crippen LogP) is 2.37. The number of nitrogens with zero attached hydrogens (tertiary/aromatic N) is 1. The van der Waals surface area contributed by atoms with Crippen LogP contribution in [0.1, 0.15) is 5.69 Å². The van der Waals surface area contributed by atoms with Gasteiger partial charge in [0.15, 0.2) is 17.3 Å². The van der Waals surface area contributed by atoms with E-state index < -0.39 is 0 Å². The number of rotatable bonds is 6. The van der Waals surface area contributed by atoms with Crippen LogP contribution in [0, 0.1) is 0 Å². The molecular formula is C20H17N3O5. The normalized spacial score (nSPS) is 11.9. The molecule has 0 saturated heterocycles. The van der Waals surface area contributed by atoms with Gasteiger partial charge in [-0.2, -0.15) is 0 Å². The maximum atomic E-state index is 12.1. The molecule has 0 radical (unpaired) electrons. The monoisotopic (exact) mass is 379 g/mol. The van der Waals surface area contributed by atoms with Gasteiger partial charge in [-0.15, -0.1) is 0 Å². The number of hydrogen-bond acceptors (Lipinski definition) is 6. The molecule has 1 aliphatic rings. The van der Waals surface area contributed by atoms with Gasteiger partial charge in [-0.1, -0.05) is 35.5 Å². The molecule has 1 aromatic heterocycles. The molecule has 0 bridgehead atoms. The Morgan fingerprint density at radius 2 is 1.79 bits per heavy atom. The summed E-state index contributed by atoms with van der Waals surface area (Å²) < 4.78 is 15.7. The first-order valence-corrected chi connectivity index (χ1v) is 8.64. The number of benzene rings is 2. The lowest BCUT2D eigenvalue weighted by Crippen LogP contribution is -2.33. The summed E-state index contributed by atoms with van der Waals surface area (Å²) in [5.41, 5.74) is 1.93. The van der Waals surface area contributed by atoms with Crippen LogP contribution in [0.4, 0.5) is 5.69 Å². The average molecular weight is 379 g/mol. The Bertz CT molecular complexity index is 1000. The molecule has 142 valence electrons. The van der Waals surface area contributed by atoms with Crippen molar-refractivity contribution in [2.24, 2.45) is 0 Å². The van der Waals surface area contributed by atoms with Crippen molar-refractivity contribution >= 4 is 17.5 Å². The molecule has 0 aliphatic carbocycles. The molecule has 3 aromatic rings. The second-order valence-electron chi connectivity index (χ2n) is 6.12. The molecule has 0 atom stereocenters. The third kappa shape index (κ3) is 4.12. The molecule has 8 heteroatoms. The van der Waals surface area contributed by atoms with Crippen LogP contribution < -0.4 is 20.1 Å². The number of carbonyl (C=O) groups excluding carboxylic acids is 2. The third-order valence-electron chi connectivity index (χ3n) is 4.06. The first-order valence-electron chi connectivity index (χ1n) is 8.64. The molecular weight excluding hydrogens is 362 g/mol. The molecule has 0 spiro atoms. The van der Waals surface area contributed by atoms with E-state index in [1.54, 1.807) is 24.3 Å². The molecule has 1 aliphatic heterocycles. The van der Waals surface area contributed by atoms with Gasteiger partial charge in [-0.3, -0.25) is 9.59 Å². The minimum Gasteiger partial charge on any atom is -0.454 e. The van der Waals surface area contributed by atoms with E-state index in [1.165, 1.54) is 0 Å². The van der Waals surface area contributed by atoms with Gasteiger partial charge in [0.1, 0.15) is 0 Å². The molecule has 2 heterocycles. The van der Waals surface area contributed by atoms with Crippen LogP contribution in [0.25, 0.3) is 11.3 Å². The quantitative estimate of drug-likeness (QED) is 0.682. The van der Waals surface area contributed by atoms with Crippen LogP contribution in [-0.4, -0.2) is 30.3 Å². The van der Waals surface area contributed by atoms with Crippen LogP contribution in [-0.2, 0) is 16.0 Å². The fourth-order valence-electron chi connectivity index (χ4n) is 2.72. The molecule has 0 fully saturated rings. The first-order chi connectivity index (χ1) is 13.7. The smallest absolute Gasteiger partial charge is 0.243 e. The van der Waals surface area contributed by atoms with Gasteiger partial charge >= 0.3 is 0 Å². The highest BCUT2D eigenvalue weighted by Gasteiger charge is 2.15. The summed E-state index contributed by atoms with van der Waals surface area (Å²) in [6.45, 7) is 0.00743. The number of carbonyl (C=O) groups is 2. The lowest BCUT2D eigenvalue weighted by atomic mass is 10.1. The zero-order valence-electron chi connectivity index (χ0n) is 14.8. The maximum absolute atomic E-state index is 12.1. The van der Waals surface area contributed by atoms with Crippen LogP contribution in [0.5, 0.6) is 11.5 Å². The highest BCUT2D eigenvalue weighted by Crippen LogP contribution is 2.34. The predicted molar refractivity (Wildman–Crippen MR) is 99.8 cm³/mol. The van der Waals surface area contributed by atoms with Crippen molar-refractivity contribution in [3.8, 4) is 22.8 Å². The van der Waals surface area contributed by atoms with E-state index >= 15 is 0 Å². The van der Waals surface area contributed by atoms with Crippen LogP contribution in [0.3, 0.4) is 0 Å². The van der Waals surface area contributed by atoms with Crippen molar-refractivity contribution in [1.82, 2.24) is 10.5 Å². The van der Waals surface area contributed by atoms with Gasteiger partial charge in [0.2, 0.25) is 18.6 Å². The average Bonchev–Trinajstić information content (AvgIpc) is 3.36. The van der Waals surface area contributed by atoms with E-state index in [0.29, 0.717) is 28.6 Å². The number of nitrogens with one attached hydrogen (secondary N) is 2. The topological polar surface area (TPSA) is 103 Å². The summed E-state index contributed by atoms with van der Waals surface area (Å²) in [7, 11) is 0. The Morgan fingerprint density at radius 1 is 0.964 bits per heavy atom. The zero-order valence-corrected chi connectivity index (χ0v) is 14.8. The van der Waals surface area contributed by atoms with Gasteiger partial charge in [0.25, 0.3) is 0 Å². The third-order valence-corrected chi connectivity index (χ3v) is 4.06. The van der Waals surface area contributed by atoms with Crippen molar-refractivity contribution in [1.29, 1.82) is 0 Å². The van der Waals surface area contributed by atoms with Crippen LogP contribution >= 0.6 is 0 Å². The maximum Gasteiger partial charge on any atom is 0.243 e. The van der Waals surface area contributed by atoms with Crippen molar-refractivity contribution < 1.29 is 23.6 Å². The Kier molecular flexibility index (Phi) is 4.92. The Hall–Kier alpha value is -3.81. The van der Waals surface area contributed by atoms with E-state index in [4.69, 9.17) is 14.0 Å². The minimum atomic E-state index is -0.350. The summed E-state index contributed by atoms with van der Waals surface area (Å²) in [4.78, 5) is 24.1. The van der Waals surface area contributed by atoms with E-state index in [1.807, 2.05) is 30.3 Å². The summed E-state index contributed by atoms with van der Waals surface area (Å²) in [5, 5.41) is 9.16. The highest BCUT2D eigenvalue weighted by atomic mass is 16.7. The summed E-state index contributed by atoms with van der Waals surface area (Å²) in [6, 6.07) is 16.3. The van der Waals surface area contributed by atoms with Gasteiger partial charge in [0.05, 0.1) is 18.7 Å². The second-order valence-corrected chi connectivity index (χ2v) is 6.12. The second kappa shape index (κ2) is 7.83. The molecule has 4 rings (SSSR count). The van der Waals surface area contributed by atoms with E-state index in [0.717, 1.165) is 5.56 Å². The van der Waals surface area contributed by atoms with Gasteiger partial charge in [-0.05, 0) is 12.1 Å². The fraction of sp³-hybridized carbons (Fsp3) is 0.150. The van der Waals surface area contributed by atoms with Crippen molar-refractivity contribution in [3.05, 3.63) is 60.3 Å². The summed E-state index contributed by atoms with van der Waals surface area (Å²) in [6.07, 6.45) is 0.0215. The lowest BCUT2D eigenvalue weighted by molar-refractivity contribution is -0.123.